The average molecular weight is 296 g/mol. The maximum absolute atomic E-state index is 12.1. The fourth-order valence-electron chi connectivity index (χ4n) is 1.80. The Balaban J connectivity index is 2.64. The van der Waals surface area contributed by atoms with Crippen molar-refractivity contribution in [2.75, 3.05) is 26.0 Å². The van der Waals surface area contributed by atoms with Crippen molar-refractivity contribution >= 4 is 9.84 Å². The van der Waals surface area contributed by atoms with Crippen molar-refractivity contribution < 1.29 is 13.2 Å². The van der Waals surface area contributed by atoms with Gasteiger partial charge in [0.15, 0.2) is 9.84 Å². The van der Waals surface area contributed by atoms with Crippen LogP contribution in [0.25, 0.3) is 0 Å². The first-order chi connectivity index (χ1) is 9.53. The summed E-state index contributed by atoms with van der Waals surface area (Å²) in [6.07, 6.45) is 0.873. The van der Waals surface area contributed by atoms with Gasteiger partial charge in [-0.15, -0.1) is 0 Å². The standard InChI is InChI=1S/C14H20N2O3S/c1-3-13(11-19-2)16-7-8-20(17,18)14-6-4-5-12(9-14)10-15/h4-6,9,13,16H,3,7-8,11H2,1-2H3. The third kappa shape index (κ3) is 4.93. The minimum Gasteiger partial charge on any atom is -0.383 e. The molecule has 110 valence electrons. The highest BCUT2D eigenvalue weighted by atomic mass is 32.2. The van der Waals surface area contributed by atoms with E-state index >= 15 is 0 Å². The Hall–Kier alpha value is -1.42. The number of sulfone groups is 1. The van der Waals surface area contributed by atoms with E-state index in [2.05, 4.69) is 5.32 Å². The summed E-state index contributed by atoms with van der Waals surface area (Å²) >= 11 is 0. The monoisotopic (exact) mass is 296 g/mol. The second-order valence-electron chi connectivity index (χ2n) is 4.47. The van der Waals surface area contributed by atoms with Crippen LogP contribution < -0.4 is 5.32 Å². The van der Waals surface area contributed by atoms with Gasteiger partial charge in [-0.1, -0.05) is 13.0 Å². The Labute approximate surface area is 120 Å². The maximum atomic E-state index is 12.1. The van der Waals surface area contributed by atoms with Gasteiger partial charge < -0.3 is 10.1 Å². The Morgan fingerprint density at radius 1 is 1.45 bits per heavy atom. The van der Waals surface area contributed by atoms with E-state index in [9.17, 15) is 8.42 Å². The van der Waals surface area contributed by atoms with E-state index in [4.69, 9.17) is 10.00 Å². The van der Waals surface area contributed by atoms with Crippen LogP contribution in [0, 0.1) is 11.3 Å². The molecular formula is C14H20N2O3S. The van der Waals surface area contributed by atoms with Crippen LogP contribution in [0.2, 0.25) is 0 Å². The summed E-state index contributed by atoms with van der Waals surface area (Å²) in [5.74, 6) is 0.00208. The summed E-state index contributed by atoms with van der Waals surface area (Å²) in [7, 11) is -1.75. The van der Waals surface area contributed by atoms with E-state index in [0.717, 1.165) is 6.42 Å². The van der Waals surface area contributed by atoms with E-state index < -0.39 is 9.84 Å². The molecule has 0 spiro atoms. The smallest absolute Gasteiger partial charge is 0.179 e. The molecule has 0 aliphatic carbocycles. The van der Waals surface area contributed by atoms with Crippen LogP contribution in [-0.2, 0) is 14.6 Å². The van der Waals surface area contributed by atoms with Crippen LogP contribution in [-0.4, -0.2) is 40.5 Å². The molecule has 1 N–H and O–H groups in total. The highest BCUT2D eigenvalue weighted by Crippen LogP contribution is 2.12. The largest absolute Gasteiger partial charge is 0.383 e. The molecule has 6 heteroatoms. The van der Waals surface area contributed by atoms with Crippen LogP contribution >= 0.6 is 0 Å². The lowest BCUT2D eigenvalue weighted by atomic mass is 10.2. The van der Waals surface area contributed by atoms with E-state index in [1.807, 2.05) is 13.0 Å². The molecule has 0 heterocycles. The number of hydrogen-bond acceptors (Lipinski definition) is 5. The van der Waals surface area contributed by atoms with Crippen molar-refractivity contribution in [2.24, 2.45) is 0 Å². The van der Waals surface area contributed by atoms with Gasteiger partial charge in [-0.05, 0) is 24.6 Å². The number of nitrogens with one attached hydrogen (secondary N) is 1. The molecule has 1 unspecified atom stereocenters. The zero-order valence-corrected chi connectivity index (χ0v) is 12.6. The molecule has 0 aliphatic rings. The molecule has 1 rings (SSSR count). The van der Waals surface area contributed by atoms with Crippen LogP contribution in [0.3, 0.4) is 0 Å². The number of nitriles is 1. The second kappa shape index (κ2) is 8.00. The molecule has 1 aromatic rings. The number of methoxy groups -OCH3 is 1. The van der Waals surface area contributed by atoms with Gasteiger partial charge in [-0.2, -0.15) is 5.26 Å². The molecule has 0 saturated heterocycles. The average Bonchev–Trinajstić information content (AvgIpc) is 2.46. The lowest BCUT2D eigenvalue weighted by Gasteiger charge is -2.15. The summed E-state index contributed by atoms with van der Waals surface area (Å²) in [6.45, 7) is 2.93. The highest BCUT2D eigenvalue weighted by Gasteiger charge is 2.15. The third-order valence-corrected chi connectivity index (χ3v) is 4.70. The summed E-state index contributed by atoms with van der Waals surface area (Å²) in [4.78, 5) is 0.193. The van der Waals surface area contributed by atoms with E-state index in [0.29, 0.717) is 18.7 Å². The summed E-state index contributed by atoms with van der Waals surface area (Å²) in [5, 5.41) is 12.0. The molecule has 0 aliphatic heterocycles. The Kier molecular flexibility index (Phi) is 6.65. The molecule has 20 heavy (non-hydrogen) atoms. The molecule has 1 atom stereocenters. The number of rotatable bonds is 8. The summed E-state index contributed by atoms with van der Waals surface area (Å²) < 4.78 is 29.3. The van der Waals surface area contributed by atoms with Gasteiger partial charge >= 0.3 is 0 Å². The predicted octanol–water partition coefficient (Wildman–Crippen LogP) is 1.35. The minimum atomic E-state index is -3.37. The van der Waals surface area contributed by atoms with E-state index in [1.165, 1.54) is 12.1 Å². The van der Waals surface area contributed by atoms with E-state index in [-0.39, 0.29) is 16.7 Å². The van der Waals surface area contributed by atoms with Crippen LogP contribution in [0.4, 0.5) is 0 Å². The van der Waals surface area contributed by atoms with Crippen LogP contribution in [0.15, 0.2) is 29.2 Å². The van der Waals surface area contributed by atoms with Crippen molar-refractivity contribution in [3.8, 4) is 6.07 Å². The first-order valence-corrected chi connectivity index (χ1v) is 8.14. The van der Waals surface area contributed by atoms with Crippen molar-refractivity contribution in [3.05, 3.63) is 29.8 Å². The van der Waals surface area contributed by atoms with Gasteiger partial charge in [0.2, 0.25) is 0 Å². The van der Waals surface area contributed by atoms with Gasteiger partial charge in [0, 0.05) is 19.7 Å². The Morgan fingerprint density at radius 2 is 2.20 bits per heavy atom. The maximum Gasteiger partial charge on any atom is 0.179 e. The number of ether oxygens (including phenoxy) is 1. The third-order valence-electron chi connectivity index (χ3n) is 2.99. The van der Waals surface area contributed by atoms with Crippen molar-refractivity contribution in [1.82, 2.24) is 5.32 Å². The van der Waals surface area contributed by atoms with Crippen molar-refractivity contribution in [3.63, 3.8) is 0 Å². The molecule has 0 bridgehead atoms. The lowest BCUT2D eigenvalue weighted by Crippen LogP contribution is -2.35. The minimum absolute atomic E-state index is 0.00208. The van der Waals surface area contributed by atoms with Crippen molar-refractivity contribution in [1.29, 1.82) is 5.26 Å². The van der Waals surface area contributed by atoms with Gasteiger partial charge in [-0.25, -0.2) is 8.42 Å². The molecule has 0 aromatic heterocycles. The zero-order chi connectivity index (χ0) is 15.0. The van der Waals surface area contributed by atoms with Gasteiger partial charge in [0.1, 0.15) is 0 Å². The number of nitrogens with zero attached hydrogens (tertiary/aromatic N) is 1. The van der Waals surface area contributed by atoms with Crippen LogP contribution in [0.1, 0.15) is 18.9 Å². The summed E-state index contributed by atoms with van der Waals surface area (Å²) in [6, 6.07) is 8.19. The second-order valence-corrected chi connectivity index (χ2v) is 6.58. The molecule has 0 saturated carbocycles. The number of hydrogen-bond donors (Lipinski definition) is 1. The quantitative estimate of drug-likeness (QED) is 0.783. The lowest BCUT2D eigenvalue weighted by molar-refractivity contribution is 0.165. The highest BCUT2D eigenvalue weighted by molar-refractivity contribution is 7.91. The Morgan fingerprint density at radius 3 is 2.80 bits per heavy atom. The van der Waals surface area contributed by atoms with Gasteiger partial charge in [0.25, 0.3) is 0 Å². The molecular weight excluding hydrogens is 276 g/mol. The van der Waals surface area contributed by atoms with Crippen LogP contribution in [0.5, 0.6) is 0 Å². The molecule has 0 fully saturated rings. The topological polar surface area (TPSA) is 79.2 Å². The molecule has 0 amide bonds. The first kappa shape index (κ1) is 16.6. The SMILES string of the molecule is CCC(COC)NCCS(=O)(=O)c1cccc(C#N)c1. The van der Waals surface area contributed by atoms with Gasteiger partial charge in [0.05, 0.1) is 28.9 Å². The van der Waals surface area contributed by atoms with E-state index in [1.54, 1.807) is 19.2 Å². The van der Waals surface area contributed by atoms with Crippen molar-refractivity contribution in [2.45, 2.75) is 24.3 Å². The predicted molar refractivity (Wildman–Crippen MR) is 77.2 cm³/mol. The molecule has 1 aromatic carbocycles. The number of benzene rings is 1. The fourth-order valence-corrected chi connectivity index (χ4v) is 3.01. The Bertz CT molecular complexity index is 564. The zero-order valence-electron chi connectivity index (χ0n) is 11.8. The molecule has 5 nitrogen and oxygen atoms in total. The van der Waals surface area contributed by atoms with Gasteiger partial charge in [-0.3, -0.25) is 0 Å². The molecule has 0 radical (unpaired) electrons. The first-order valence-electron chi connectivity index (χ1n) is 6.48. The normalized spacial score (nSPS) is 12.8. The summed E-state index contributed by atoms with van der Waals surface area (Å²) in [5.41, 5.74) is 0.352. The fraction of sp³-hybridized carbons (Fsp3) is 0.500.